The summed E-state index contributed by atoms with van der Waals surface area (Å²) in [4.78, 5) is 4.23. The molecule has 0 aliphatic carbocycles. The van der Waals surface area contributed by atoms with E-state index in [1.54, 1.807) is 6.20 Å². The van der Waals surface area contributed by atoms with E-state index < -0.39 is 5.79 Å². The minimum absolute atomic E-state index is 0.0295. The number of nitrogens with zero attached hydrogens (tertiary/aromatic N) is 2. The normalized spacial score (nSPS) is 16.7. The first-order valence-electron chi connectivity index (χ1n) is 8.38. The Morgan fingerprint density at radius 2 is 1.96 bits per heavy atom. The molecule has 1 aliphatic heterocycles. The number of anilines is 2. The Labute approximate surface area is 158 Å². The molecule has 2 aromatic rings. The highest BCUT2D eigenvalue weighted by atomic mass is 35.5. The van der Waals surface area contributed by atoms with Crippen LogP contribution >= 0.6 is 11.6 Å². The number of rotatable bonds is 5. The van der Waals surface area contributed by atoms with Gasteiger partial charge in [0.05, 0.1) is 36.8 Å². The standard InChI is InChI=1S/C19H21ClN4O2/c1-19(2)25-11-16(12-26-19)24-15-7-17(18(8-21)23-10-15)22-9-13-3-5-14(20)6-4-13/h3-7,10,16,22,24H,9,11-12H2,1-2H3. The minimum atomic E-state index is -0.549. The summed E-state index contributed by atoms with van der Waals surface area (Å²) < 4.78 is 11.3. The molecule has 26 heavy (non-hydrogen) atoms. The van der Waals surface area contributed by atoms with E-state index in [2.05, 4.69) is 21.7 Å². The average molecular weight is 373 g/mol. The zero-order chi connectivity index (χ0) is 18.6. The van der Waals surface area contributed by atoms with Crippen LogP contribution in [0.4, 0.5) is 11.4 Å². The number of nitriles is 1. The van der Waals surface area contributed by atoms with E-state index in [0.717, 1.165) is 11.3 Å². The third-order valence-corrected chi connectivity index (χ3v) is 4.28. The van der Waals surface area contributed by atoms with Crippen LogP contribution in [-0.2, 0) is 16.0 Å². The number of nitrogens with one attached hydrogen (secondary N) is 2. The van der Waals surface area contributed by atoms with Gasteiger partial charge >= 0.3 is 0 Å². The highest BCUT2D eigenvalue weighted by Gasteiger charge is 2.28. The molecule has 0 amide bonds. The molecule has 0 spiro atoms. The van der Waals surface area contributed by atoms with Crippen molar-refractivity contribution >= 4 is 23.0 Å². The fraction of sp³-hybridized carbons (Fsp3) is 0.368. The van der Waals surface area contributed by atoms with Gasteiger partial charge in [-0.05, 0) is 37.6 Å². The predicted molar refractivity (Wildman–Crippen MR) is 101 cm³/mol. The summed E-state index contributed by atoms with van der Waals surface area (Å²) in [5.41, 5.74) is 2.89. The molecule has 0 radical (unpaired) electrons. The third-order valence-electron chi connectivity index (χ3n) is 4.02. The molecule has 0 saturated carbocycles. The Hall–Kier alpha value is -2.33. The van der Waals surface area contributed by atoms with Crippen molar-refractivity contribution in [3.8, 4) is 6.07 Å². The number of ether oxygens (including phenoxy) is 2. The highest BCUT2D eigenvalue weighted by molar-refractivity contribution is 6.30. The zero-order valence-corrected chi connectivity index (χ0v) is 15.5. The van der Waals surface area contributed by atoms with Crippen LogP contribution < -0.4 is 10.6 Å². The Kier molecular flexibility index (Phi) is 5.62. The van der Waals surface area contributed by atoms with E-state index in [-0.39, 0.29) is 6.04 Å². The summed E-state index contributed by atoms with van der Waals surface area (Å²) in [6.45, 7) is 5.44. The number of pyridine rings is 1. The molecular formula is C19H21ClN4O2. The van der Waals surface area contributed by atoms with Gasteiger partial charge in [0.2, 0.25) is 0 Å². The van der Waals surface area contributed by atoms with Gasteiger partial charge in [-0.15, -0.1) is 0 Å². The first-order valence-corrected chi connectivity index (χ1v) is 8.76. The number of hydrogen-bond donors (Lipinski definition) is 2. The van der Waals surface area contributed by atoms with Crippen molar-refractivity contribution in [3.05, 3.63) is 52.8 Å². The van der Waals surface area contributed by atoms with Gasteiger partial charge < -0.3 is 20.1 Å². The maximum atomic E-state index is 9.29. The molecule has 136 valence electrons. The van der Waals surface area contributed by atoms with Crippen LogP contribution in [-0.4, -0.2) is 30.0 Å². The Balaban J connectivity index is 1.66. The van der Waals surface area contributed by atoms with Crippen LogP contribution in [0, 0.1) is 11.3 Å². The molecule has 3 rings (SSSR count). The molecule has 1 aromatic carbocycles. The van der Waals surface area contributed by atoms with Crippen molar-refractivity contribution < 1.29 is 9.47 Å². The molecule has 1 saturated heterocycles. The topological polar surface area (TPSA) is 79.2 Å². The SMILES string of the molecule is CC1(C)OCC(Nc2cnc(C#N)c(NCc3ccc(Cl)cc3)c2)CO1. The summed E-state index contributed by atoms with van der Waals surface area (Å²) in [5.74, 6) is -0.549. The predicted octanol–water partition coefficient (Wildman–Crippen LogP) is 3.78. The molecule has 1 fully saturated rings. The molecule has 0 atom stereocenters. The number of halogens is 1. The minimum Gasteiger partial charge on any atom is -0.379 e. The van der Waals surface area contributed by atoms with Crippen LogP contribution in [0.2, 0.25) is 5.02 Å². The van der Waals surface area contributed by atoms with Crippen LogP contribution in [0.1, 0.15) is 25.1 Å². The van der Waals surface area contributed by atoms with Crippen molar-refractivity contribution in [2.45, 2.75) is 32.2 Å². The van der Waals surface area contributed by atoms with E-state index in [1.165, 1.54) is 0 Å². The van der Waals surface area contributed by atoms with Gasteiger partial charge in [-0.2, -0.15) is 5.26 Å². The lowest BCUT2D eigenvalue weighted by atomic mass is 10.2. The maximum absolute atomic E-state index is 9.29. The Morgan fingerprint density at radius 3 is 2.62 bits per heavy atom. The maximum Gasteiger partial charge on any atom is 0.163 e. The van der Waals surface area contributed by atoms with Crippen molar-refractivity contribution in [3.63, 3.8) is 0 Å². The van der Waals surface area contributed by atoms with Crippen molar-refractivity contribution in [2.24, 2.45) is 0 Å². The first kappa shape index (κ1) is 18.5. The molecule has 0 bridgehead atoms. The van der Waals surface area contributed by atoms with Crippen molar-refractivity contribution in [1.29, 1.82) is 5.26 Å². The van der Waals surface area contributed by atoms with Gasteiger partial charge in [0.25, 0.3) is 0 Å². The second-order valence-electron chi connectivity index (χ2n) is 6.58. The zero-order valence-electron chi connectivity index (χ0n) is 14.8. The summed E-state index contributed by atoms with van der Waals surface area (Å²) in [5, 5.41) is 16.6. The number of hydrogen-bond acceptors (Lipinski definition) is 6. The van der Waals surface area contributed by atoms with Crippen LogP contribution in [0.5, 0.6) is 0 Å². The van der Waals surface area contributed by atoms with Gasteiger partial charge in [0, 0.05) is 11.6 Å². The van der Waals surface area contributed by atoms with Gasteiger partial charge in [0.15, 0.2) is 11.5 Å². The molecule has 2 N–H and O–H groups in total. The summed E-state index contributed by atoms with van der Waals surface area (Å²) in [6, 6.07) is 11.6. The number of benzene rings is 1. The van der Waals surface area contributed by atoms with Gasteiger partial charge in [-0.25, -0.2) is 4.98 Å². The van der Waals surface area contributed by atoms with Crippen LogP contribution in [0.15, 0.2) is 36.5 Å². The fourth-order valence-corrected chi connectivity index (χ4v) is 2.70. The summed E-state index contributed by atoms with van der Waals surface area (Å²) >= 11 is 5.91. The molecule has 7 heteroatoms. The monoisotopic (exact) mass is 372 g/mol. The largest absolute Gasteiger partial charge is 0.379 e. The number of aromatic nitrogens is 1. The molecule has 2 heterocycles. The fourth-order valence-electron chi connectivity index (χ4n) is 2.58. The lowest BCUT2D eigenvalue weighted by molar-refractivity contribution is -0.247. The quantitative estimate of drug-likeness (QED) is 0.831. The summed E-state index contributed by atoms with van der Waals surface area (Å²) in [6.07, 6.45) is 1.64. The molecule has 0 unspecified atom stereocenters. The van der Waals surface area contributed by atoms with E-state index in [1.807, 2.05) is 44.2 Å². The lowest BCUT2D eigenvalue weighted by Crippen LogP contribution is -2.45. The van der Waals surface area contributed by atoms with Gasteiger partial charge in [0.1, 0.15) is 6.07 Å². The van der Waals surface area contributed by atoms with Gasteiger partial charge in [-0.3, -0.25) is 0 Å². The molecule has 1 aromatic heterocycles. The van der Waals surface area contributed by atoms with E-state index in [0.29, 0.717) is 36.2 Å². The Morgan fingerprint density at radius 1 is 1.27 bits per heavy atom. The molecule has 1 aliphatic rings. The van der Waals surface area contributed by atoms with Crippen LogP contribution in [0.3, 0.4) is 0 Å². The van der Waals surface area contributed by atoms with E-state index in [4.69, 9.17) is 21.1 Å². The van der Waals surface area contributed by atoms with Crippen molar-refractivity contribution in [2.75, 3.05) is 23.8 Å². The Bertz CT molecular complexity index is 792. The van der Waals surface area contributed by atoms with E-state index >= 15 is 0 Å². The van der Waals surface area contributed by atoms with E-state index in [9.17, 15) is 5.26 Å². The van der Waals surface area contributed by atoms with Crippen LogP contribution in [0.25, 0.3) is 0 Å². The second-order valence-corrected chi connectivity index (χ2v) is 7.01. The first-order chi connectivity index (χ1) is 12.4. The summed E-state index contributed by atoms with van der Waals surface area (Å²) in [7, 11) is 0. The average Bonchev–Trinajstić information content (AvgIpc) is 2.63. The third kappa shape index (κ3) is 4.85. The molecule has 6 nitrogen and oxygen atoms in total. The van der Waals surface area contributed by atoms with Crippen molar-refractivity contribution in [1.82, 2.24) is 4.98 Å². The molecular weight excluding hydrogens is 352 g/mol. The lowest BCUT2D eigenvalue weighted by Gasteiger charge is -2.35. The smallest absolute Gasteiger partial charge is 0.163 e. The van der Waals surface area contributed by atoms with Gasteiger partial charge in [-0.1, -0.05) is 23.7 Å². The second kappa shape index (κ2) is 7.92. The highest BCUT2D eigenvalue weighted by Crippen LogP contribution is 2.23.